The first-order valence-corrected chi connectivity index (χ1v) is 10.9. The van der Waals surface area contributed by atoms with E-state index in [0.29, 0.717) is 15.4 Å². The minimum Gasteiger partial charge on any atom is -0.295 e. The average molecular weight is 451 g/mol. The lowest BCUT2D eigenvalue weighted by Gasteiger charge is -2.36. The highest BCUT2D eigenvalue weighted by Crippen LogP contribution is 2.38. The fourth-order valence-electron chi connectivity index (χ4n) is 3.45. The molecular formula is C22H17N3O6S. The zero-order chi connectivity index (χ0) is 23.0. The number of benzene rings is 3. The molecule has 9 nitrogen and oxygen atoms in total. The van der Waals surface area contributed by atoms with Crippen LogP contribution in [0.3, 0.4) is 0 Å². The summed E-state index contributed by atoms with van der Waals surface area (Å²) in [6.45, 7) is 1.39. The number of nitro benzene ring substituents is 1. The van der Waals surface area contributed by atoms with Gasteiger partial charge < -0.3 is 0 Å². The Morgan fingerprint density at radius 1 is 0.969 bits per heavy atom. The fraction of sp³-hybridized carbons (Fsp3) is 0.0909. The molecule has 162 valence electrons. The van der Waals surface area contributed by atoms with E-state index in [4.69, 9.17) is 0 Å². The van der Waals surface area contributed by atoms with Gasteiger partial charge in [-0.25, -0.2) is 13.2 Å². The van der Waals surface area contributed by atoms with Crippen molar-refractivity contribution in [3.8, 4) is 0 Å². The summed E-state index contributed by atoms with van der Waals surface area (Å²) < 4.78 is 27.3. The maximum absolute atomic E-state index is 13.4. The molecule has 0 spiro atoms. The number of amides is 2. The molecule has 1 heterocycles. The zero-order valence-electron chi connectivity index (χ0n) is 16.8. The molecule has 1 aliphatic rings. The smallest absolute Gasteiger partial charge is 0.295 e. The van der Waals surface area contributed by atoms with Gasteiger partial charge in [-0.15, -0.1) is 0 Å². The standard InChI is InChI=1S/C22H17N3O6S/c1-15(26)17-8-12-18(13-9-17)24-22(27)23(14-16-6-10-19(11-7-16)25(28)29)20-4-2-3-5-21(20)32(24,30)31/h2-13H,14H2,1H3. The number of sulfonamides is 1. The SMILES string of the molecule is CC(=O)c1ccc(N2C(=O)N(Cc3ccc([N+](=O)[O-])cc3)c3ccccc3S2(=O)=O)cc1. The number of hydrogen-bond acceptors (Lipinski definition) is 6. The number of carbonyl (C=O) groups excluding carboxylic acids is 2. The molecule has 3 aromatic carbocycles. The third-order valence-electron chi connectivity index (χ3n) is 5.08. The van der Waals surface area contributed by atoms with Crippen molar-refractivity contribution in [2.75, 3.05) is 9.21 Å². The van der Waals surface area contributed by atoms with Crippen molar-refractivity contribution >= 4 is 38.9 Å². The zero-order valence-corrected chi connectivity index (χ0v) is 17.7. The van der Waals surface area contributed by atoms with Crippen molar-refractivity contribution in [1.82, 2.24) is 0 Å². The van der Waals surface area contributed by atoms with E-state index in [0.717, 1.165) is 0 Å². The van der Waals surface area contributed by atoms with E-state index in [9.17, 15) is 28.1 Å². The van der Waals surface area contributed by atoms with Crippen LogP contribution in [0.4, 0.5) is 21.9 Å². The van der Waals surface area contributed by atoms with Crippen LogP contribution in [0, 0.1) is 10.1 Å². The maximum atomic E-state index is 13.4. The molecule has 0 saturated carbocycles. The number of rotatable bonds is 5. The van der Waals surface area contributed by atoms with Gasteiger partial charge in [0, 0.05) is 17.7 Å². The van der Waals surface area contributed by atoms with E-state index in [1.165, 1.54) is 72.5 Å². The van der Waals surface area contributed by atoms with E-state index in [-0.39, 0.29) is 34.3 Å². The van der Waals surface area contributed by atoms with E-state index >= 15 is 0 Å². The number of carbonyl (C=O) groups is 2. The molecule has 32 heavy (non-hydrogen) atoms. The molecule has 0 aromatic heterocycles. The summed E-state index contributed by atoms with van der Waals surface area (Å²) in [6.07, 6.45) is 0. The van der Waals surface area contributed by atoms with Gasteiger partial charge in [-0.1, -0.05) is 24.3 Å². The van der Waals surface area contributed by atoms with Crippen LogP contribution in [0.1, 0.15) is 22.8 Å². The van der Waals surface area contributed by atoms with E-state index in [2.05, 4.69) is 0 Å². The van der Waals surface area contributed by atoms with Crippen LogP contribution in [-0.4, -0.2) is 25.2 Å². The van der Waals surface area contributed by atoms with Crippen LogP contribution in [0.15, 0.2) is 77.7 Å². The molecule has 10 heteroatoms. The quantitative estimate of drug-likeness (QED) is 0.327. The summed E-state index contributed by atoms with van der Waals surface area (Å²) in [5, 5.41) is 10.9. The van der Waals surface area contributed by atoms with E-state index in [1.54, 1.807) is 12.1 Å². The van der Waals surface area contributed by atoms with Gasteiger partial charge in [-0.05, 0) is 48.9 Å². The van der Waals surface area contributed by atoms with Crippen LogP contribution in [0.2, 0.25) is 0 Å². The number of non-ortho nitro benzene ring substituents is 1. The van der Waals surface area contributed by atoms with Crippen LogP contribution in [0.5, 0.6) is 0 Å². The molecule has 0 bridgehead atoms. The predicted molar refractivity (Wildman–Crippen MR) is 117 cm³/mol. The van der Waals surface area contributed by atoms with Gasteiger partial charge in [0.2, 0.25) is 0 Å². The van der Waals surface area contributed by atoms with Gasteiger partial charge in [0.15, 0.2) is 5.78 Å². The fourth-order valence-corrected chi connectivity index (χ4v) is 5.04. The van der Waals surface area contributed by atoms with Crippen molar-refractivity contribution < 1.29 is 22.9 Å². The summed E-state index contributed by atoms with van der Waals surface area (Å²) in [7, 11) is -4.19. The summed E-state index contributed by atoms with van der Waals surface area (Å²) in [5.41, 5.74) is 1.20. The molecule has 0 saturated heterocycles. The second-order valence-electron chi connectivity index (χ2n) is 7.13. The third kappa shape index (κ3) is 3.60. The monoisotopic (exact) mass is 451 g/mol. The van der Waals surface area contributed by atoms with Crippen molar-refractivity contribution in [3.63, 3.8) is 0 Å². The molecular weight excluding hydrogens is 434 g/mol. The lowest BCUT2D eigenvalue weighted by atomic mass is 10.1. The molecule has 1 aliphatic heterocycles. The summed E-state index contributed by atoms with van der Waals surface area (Å²) in [6, 6.07) is 16.8. The van der Waals surface area contributed by atoms with Crippen molar-refractivity contribution in [2.24, 2.45) is 0 Å². The summed E-state index contributed by atoms with van der Waals surface area (Å²) in [4.78, 5) is 36.6. The van der Waals surface area contributed by atoms with Crippen LogP contribution < -0.4 is 9.21 Å². The Balaban J connectivity index is 1.79. The summed E-state index contributed by atoms with van der Waals surface area (Å²) >= 11 is 0. The topological polar surface area (TPSA) is 118 Å². The Morgan fingerprint density at radius 3 is 2.19 bits per heavy atom. The Bertz CT molecular complexity index is 1330. The van der Waals surface area contributed by atoms with Gasteiger partial charge in [-0.3, -0.25) is 19.8 Å². The normalized spacial score (nSPS) is 14.7. The van der Waals surface area contributed by atoms with Gasteiger partial charge in [0.05, 0.1) is 22.8 Å². The molecule has 0 fully saturated rings. The van der Waals surface area contributed by atoms with Gasteiger partial charge in [-0.2, -0.15) is 4.31 Å². The Morgan fingerprint density at radius 2 is 1.59 bits per heavy atom. The first kappa shape index (κ1) is 21.2. The second kappa shape index (κ2) is 7.89. The molecule has 0 radical (unpaired) electrons. The van der Waals surface area contributed by atoms with Crippen molar-refractivity contribution in [3.05, 3.63) is 94.0 Å². The van der Waals surface area contributed by atoms with Crippen molar-refractivity contribution in [2.45, 2.75) is 18.4 Å². The molecule has 2 amide bonds. The first-order valence-electron chi connectivity index (χ1n) is 9.50. The van der Waals surface area contributed by atoms with Gasteiger partial charge in [0.25, 0.3) is 15.7 Å². The van der Waals surface area contributed by atoms with Crippen LogP contribution in [-0.2, 0) is 16.6 Å². The Labute approximate surface area is 183 Å². The third-order valence-corrected chi connectivity index (χ3v) is 6.82. The molecule has 3 aromatic rings. The number of nitrogens with zero attached hydrogens (tertiary/aromatic N) is 3. The lowest BCUT2D eigenvalue weighted by Crippen LogP contribution is -2.50. The highest BCUT2D eigenvalue weighted by atomic mass is 32.2. The number of urea groups is 1. The number of anilines is 2. The average Bonchev–Trinajstić information content (AvgIpc) is 2.77. The number of Topliss-reactive ketones (excluding diaryl/α,β-unsaturated/α-hetero) is 1. The molecule has 0 N–H and O–H groups in total. The van der Waals surface area contributed by atoms with E-state index in [1.807, 2.05) is 0 Å². The lowest BCUT2D eigenvalue weighted by molar-refractivity contribution is -0.384. The van der Waals surface area contributed by atoms with Crippen LogP contribution in [0.25, 0.3) is 0 Å². The van der Waals surface area contributed by atoms with Crippen molar-refractivity contribution in [1.29, 1.82) is 0 Å². The Kier molecular flexibility index (Phi) is 5.23. The maximum Gasteiger partial charge on any atom is 0.343 e. The number of hydrogen-bond donors (Lipinski definition) is 0. The number of ketones is 1. The molecule has 0 aliphatic carbocycles. The van der Waals surface area contributed by atoms with Gasteiger partial charge in [0.1, 0.15) is 4.90 Å². The summed E-state index contributed by atoms with van der Waals surface area (Å²) in [5.74, 6) is -0.186. The minimum atomic E-state index is -4.19. The van der Waals surface area contributed by atoms with Gasteiger partial charge >= 0.3 is 6.03 Å². The second-order valence-corrected chi connectivity index (χ2v) is 8.89. The molecule has 0 unspecified atom stereocenters. The molecule has 4 rings (SSSR count). The molecule has 0 atom stereocenters. The minimum absolute atomic E-state index is 0.00535. The highest BCUT2D eigenvalue weighted by molar-refractivity contribution is 7.94. The number of fused-ring (bicyclic) bond motifs is 1. The number of nitro groups is 1. The predicted octanol–water partition coefficient (Wildman–Crippen LogP) is 4.13. The Hall–Kier alpha value is -4.05. The highest BCUT2D eigenvalue weighted by Gasteiger charge is 2.42. The first-order chi connectivity index (χ1) is 15.2. The van der Waals surface area contributed by atoms with Crippen LogP contribution >= 0.6 is 0 Å². The number of para-hydroxylation sites is 1. The largest absolute Gasteiger partial charge is 0.343 e. The van der Waals surface area contributed by atoms with E-state index < -0.39 is 21.0 Å².